The molecule has 3 aromatic heterocycles. The van der Waals surface area contributed by atoms with Crippen LogP contribution in [0.15, 0.2) is 51.4 Å². The molecule has 160 valence electrons. The van der Waals surface area contributed by atoms with Crippen molar-refractivity contribution in [1.82, 2.24) is 14.8 Å². The summed E-state index contributed by atoms with van der Waals surface area (Å²) in [5, 5.41) is 12.5. The monoisotopic (exact) mass is 452 g/mol. The second-order valence-corrected chi connectivity index (χ2v) is 9.61. The quantitative estimate of drug-likeness (QED) is 0.264. The minimum Gasteiger partial charge on any atom is -0.467 e. The zero-order chi connectivity index (χ0) is 22.0. The van der Waals surface area contributed by atoms with Crippen molar-refractivity contribution in [3.63, 3.8) is 0 Å². The smallest absolute Gasteiger partial charge is 0.210 e. The number of benzene rings is 1. The zero-order valence-corrected chi connectivity index (χ0v) is 19.6. The van der Waals surface area contributed by atoms with Gasteiger partial charge in [0.2, 0.25) is 5.13 Å². The van der Waals surface area contributed by atoms with E-state index in [4.69, 9.17) is 4.42 Å². The van der Waals surface area contributed by atoms with Gasteiger partial charge in [0.05, 0.1) is 18.6 Å². The summed E-state index contributed by atoms with van der Waals surface area (Å²) >= 11 is 2.87. The summed E-state index contributed by atoms with van der Waals surface area (Å²) in [5.41, 5.74) is 6.17. The Hall–Kier alpha value is -2.84. The Morgan fingerprint density at radius 1 is 1.16 bits per heavy atom. The number of furan rings is 1. The molecule has 0 saturated carbocycles. The van der Waals surface area contributed by atoms with Crippen LogP contribution < -0.4 is 5.32 Å². The zero-order valence-electron chi connectivity index (χ0n) is 17.9. The van der Waals surface area contributed by atoms with Crippen molar-refractivity contribution < 1.29 is 9.21 Å². The lowest BCUT2D eigenvalue weighted by Gasteiger charge is -2.08. The van der Waals surface area contributed by atoms with Crippen LogP contribution in [0.2, 0.25) is 0 Å². The van der Waals surface area contributed by atoms with Crippen molar-refractivity contribution in [3.05, 3.63) is 76.5 Å². The molecule has 8 heteroatoms. The number of rotatable bonds is 8. The van der Waals surface area contributed by atoms with Gasteiger partial charge in [-0.1, -0.05) is 35.2 Å². The van der Waals surface area contributed by atoms with Crippen LogP contribution in [0.5, 0.6) is 0 Å². The number of hydrogen-bond acceptors (Lipinski definition) is 7. The number of aromatic nitrogens is 3. The largest absolute Gasteiger partial charge is 0.467 e. The minimum absolute atomic E-state index is 0.0861. The maximum Gasteiger partial charge on any atom is 0.210 e. The number of carbonyl (C=O) groups is 1. The third kappa shape index (κ3) is 4.75. The van der Waals surface area contributed by atoms with Gasteiger partial charge >= 0.3 is 0 Å². The number of aryl methyl sites for hydroxylation is 2. The van der Waals surface area contributed by atoms with Gasteiger partial charge in [-0.2, -0.15) is 0 Å². The molecule has 1 N–H and O–H groups in total. The molecule has 1 aromatic carbocycles. The van der Waals surface area contributed by atoms with Crippen LogP contribution in [0, 0.1) is 27.7 Å². The van der Waals surface area contributed by atoms with Gasteiger partial charge in [0.15, 0.2) is 10.1 Å². The van der Waals surface area contributed by atoms with Gasteiger partial charge in [-0.05, 0) is 63.1 Å². The van der Waals surface area contributed by atoms with Crippen LogP contribution >= 0.6 is 23.1 Å². The van der Waals surface area contributed by atoms with Crippen LogP contribution in [0.25, 0.3) is 0 Å². The van der Waals surface area contributed by atoms with Crippen molar-refractivity contribution in [2.75, 3.05) is 11.1 Å². The van der Waals surface area contributed by atoms with E-state index in [0.717, 1.165) is 37.9 Å². The van der Waals surface area contributed by atoms with Crippen LogP contribution in [-0.4, -0.2) is 26.3 Å². The molecular weight excluding hydrogens is 428 g/mol. The molecule has 0 aliphatic rings. The standard InChI is InChI=1S/C23H24N4O2S2/c1-14-7-5-9-20(16(14)3)24-22-25-26-23(31-22)30-13-21(28)19-11-15(2)27(17(19)4)12-18-8-6-10-29-18/h5-11H,12-13H2,1-4H3,(H,24,25). The molecule has 0 aliphatic heterocycles. The van der Waals surface area contributed by atoms with Crippen LogP contribution in [0.3, 0.4) is 0 Å². The Kier molecular flexibility index (Phi) is 6.29. The number of carbonyl (C=O) groups excluding carboxylic acids is 1. The highest BCUT2D eigenvalue weighted by molar-refractivity contribution is 8.01. The van der Waals surface area contributed by atoms with E-state index in [1.165, 1.54) is 34.2 Å². The van der Waals surface area contributed by atoms with Crippen molar-refractivity contribution in [2.45, 2.75) is 38.6 Å². The van der Waals surface area contributed by atoms with Crippen LogP contribution in [-0.2, 0) is 6.54 Å². The van der Waals surface area contributed by atoms with E-state index in [2.05, 4.69) is 40.0 Å². The van der Waals surface area contributed by atoms with Crippen LogP contribution in [0.1, 0.15) is 38.6 Å². The van der Waals surface area contributed by atoms with E-state index in [9.17, 15) is 4.79 Å². The molecule has 0 amide bonds. The number of anilines is 2. The average Bonchev–Trinajstić information content (AvgIpc) is 3.48. The van der Waals surface area contributed by atoms with E-state index in [0.29, 0.717) is 12.3 Å². The fraction of sp³-hybridized carbons (Fsp3) is 0.261. The molecule has 6 nitrogen and oxygen atoms in total. The van der Waals surface area contributed by atoms with Crippen molar-refractivity contribution in [2.24, 2.45) is 0 Å². The molecule has 31 heavy (non-hydrogen) atoms. The molecule has 0 spiro atoms. The molecular formula is C23H24N4O2S2. The second-order valence-electron chi connectivity index (χ2n) is 7.41. The summed E-state index contributed by atoms with van der Waals surface area (Å²) in [6.45, 7) is 8.77. The minimum atomic E-state index is 0.0861. The first kappa shape index (κ1) is 21.4. The highest BCUT2D eigenvalue weighted by Crippen LogP contribution is 2.30. The van der Waals surface area contributed by atoms with Crippen molar-refractivity contribution >= 4 is 39.7 Å². The summed E-state index contributed by atoms with van der Waals surface area (Å²) in [6, 6.07) is 11.9. The summed E-state index contributed by atoms with van der Waals surface area (Å²) in [4.78, 5) is 12.9. The van der Waals surface area contributed by atoms with E-state index >= 15 is 0 Å². The Morgan fingerprint density at radius 3 is 2.77 bits per heavy atom. The molecule has 0 bridgehead atoms. The topological polar surface area (TPSA) is 73.0 Å². The predicted molar refractivity (Wildman–Crippen MR) is 126 cm³/mol. The lowest BCUT2D eigenvalue weighted by molar-refractivity contribution is 0.102. The van der Waals surface area contributed by atoms with Crippen LogP contribution in [0.4, 0.5) is 10.8 Å². The first-order valence-corrected chi connectivity index (χ1v) is 11.7. The van der Waals surface area contributed by atoms with E-state index in [1.807, 2.05) is 44.2 Å². The van der Waals surface area contributed by atoms with Gasteiger partial charge in [0.1, 0.15) is 5.76 Å². The average molecular weight is 453 g/mol. The van der Waals surface area contributed by atoms with Crippen molar-refractivity contribution in [1.29, 1.82) is 0 Å². The third-order valence-electron chi connectivity index (χ3n) is 5.35. The first-order chi connectivity index (χ1) is 14.9. The Bertz CT molecular complexity index is 1210. The molecule has 0 saturated heterocycles. The summed E-state index contributed by atoms with van der Waals surface area (Å²) in [5.74, 6) is 1.28. The predicted octanol–water partition coefficient (Wildman–Crippen LogP) is 5.93. The van der Waals surface area contributed by atoms with Gasteiger partial charge in [-0.3, -0.25) is 4.79 Å². The maximum atomic E-state index is 12.9. The highest BCUT2D eigenvalue weighted by atomic mass is 32.2. The third-order valence-corrected chi connectivity index (χ3v) is 7.32. The second kappa shape index (κ2) is 9.11. The molecule has 4 rings (SSSR count). The summed E-state index contributed by atoms with van der Waals surface area (Å²) in [6.07, 6.45) is 1.66. The Labute approximate surface area is 189 Å². The fourth-order valence-corrected chi connectivity index (χ4v) is 5.06. The number of Topliss-reactive ketones (excluding diaryl/α,β-unsaturated/α-hetero) is 1. The molecule has 0 aliphatic carbocycles. The van der Waals surface area contributed by atoms with Gasteiger partial charge in [-0.15, -0.1) is 10.2 Å². The highest BCUT2D eigenvalue weighted by Gasteiger charge is 2.18. The first-order valence-electron chi connectivity index (χ1n) is 9.94. The lowest BCUT2D eigenvalue weighted by Crippen LogP contribution is -2.07. The lowest BCUT2D eigenvalue weighted by atomic mass is 10.1. The molecule has 0 unspecified atom stereocenters. The van der Waals surface area contributed by atoms with Crippen molar-refractivity contribution in [3.8, 4) is 0 Å². The normalized spacial score (nSPS) is 11.1. The maximum absolute atomic E-state index is 12.9. The molecule has 0 fully saturated rings. The van der Waals surface area contributed by atoms with Gasteiger partial charge in [0.25, 0.3) is 0 Å². The Morgan fingerprint density at radius 2 is 2.00 bits per heavy atom. The van der Waals surface area contributed by atoms with E-state index in [1.54, 1.807) is 6.26 Å². The molecule has 4 aromatic rings. The number of nitrogens with zero attached hydrogens (tertiary/aromatic N) is 3. The van der Waals surface area contributed by atoms with E-state index in [-0.39, 0.29) is 5.78 Å². The summed E-state index contributed by atoms with van der Waals surface area (Å²) in [7, 11) is 0. The van der Waals surface area contributed by atoms with Gasteiger partial charge in [-0.25, -0.2) is 0 Å². The number of hydrogen-bond donors (Lipinski definition) is 1. The van der Waals surface area contributed by atoms with E-state index < -0.39 is 0 Å². The Balaban J connectivity index is 1.40. The fourth-order valence-electron chi connectivity index (χ4n) is 3.41. The van der Waals surface area contributed by atoms with Gasteiger partial charge in [0, 0.05) is 22.6 Å². The number of thioether (sulfide) groups is 1. The SMILES string of the molecule is Cc1cccc(Nc2nnc(SCC(=O)c3cc(C)n(Cc4ccco4)c3C)s2)c1C. The molecule has 0 atom stereocenters. The number of nitrogens with one attached hydrogen (secondary N) is 1. The molecule has 3 heterocycles. The number of ketones is 1. The van der Waals surface area contributed by atoms with Gasteiger partial charge < -0.3 is 14.3 Å². The molecule has 0 radical (unpaired) electrons. The summed E-state index contributed by atoms with van der Waals surface area (Å²) < 4.78 is 8.33.